The van der Waals surface area contributed by atoms with E-state index >= 15 is 0 Å². The maximum Gasteiger partial charge on any atom is 0.397 e. The summed E-state index contributed by atoms with van der Waals surface area (Å²) in [5.41, 5.74) is 0.0212. The summed E-state index contributed by atoms with van der Waals surface area (Å²) < 4.78 is 84.1. The predicted molar refractivity (Wildman–Crippen MR) is 263 cm³/mol. The normalized spacial score (nSPS) is 35.4. The molecule has 4 fully saturated rings. The zero-order chi connectivity index (χ0) is 57.4. The van der Waals surface area contributed by atoms with Gasteiger partial charge in [0.25, 0.3) is 5.91 Å². The number of ether oxygens (including phenoxy) is 8. The van der Waals surface area contributed by atoms with E-state index in [-0.39, 0.29) is 17.9 Å². The Kier molecular flexibility index (Phi) is 25.4. The van der Waals surface area contributed by atoms with Crippen LogP contribution in [0.2, 0.25) is 0 Å². The van der Waals surface area contributed by atoms with E-state index in [1.54, 1.807) is 18.2 Å². The molecule has 4 saturated heterocycles. The Bertz CT molecular complexity index is 2220. The average Bonchev–Trinajstić information content (AvgIpc) is 3.41. The molecule has 20 atom stereocenters. The first-order valence-electron chi connectivity index (χ1n) is 25.6. The van der Waals surface area contributed by atoms with Crippen LogP contribution < -0.4 is 26.0 Å². The highest BCUT2D eigenvalue weighted by molar-refractivity contribution is 7.80. The molecule has 0 spiro atoms. The second kappa shape index (κ2) is 30.6. The summed E-state index contributed by atoms with van der Waals surface area (Å²) in [5.74, 6) is -3.05. The fourth-order valence-electron chi connectivity index (χ4n) is 9.39. The number of carbonyl (C=O) groups is 4. The Balaban J connectivity index is 1.36. The quantitative estimate of drug-likeness (QED) is 0.0225. The van der Waals surface area contributed by atoms with Gasteiger partial charge in [0.05, 0.1) is 38.6 Å². The van der Waals surface area contributed by atoms with Crippen molar-refractivity contribution in [1.29, 1.82) is 0 Å². The molecule has 0 radical (unpaired) electrons. The number of aliphatic hydroxyl groups is 9. The highest BCUT2D eigenvalue weighted by atomic mass is 32.3. The van der Waals surface area contributed by atoms with Crippen molar-refractivity contribution in [2.75, 3.05) is 33.0 Å². The van der Waals surface area contributed by atoms with Gasteiger partial charge in [0.2, 0.25) is 17.7 Å². The molecule has 4 aliphatic rings. The van der Waals surface area contributed by atoms with Gasteiger partial charge in [0.1, 0.15) is 103 Å². The van der Waals surface area contributed by atoms with Crippen molar-refractivity contribution in [1.82, 2.24) is 21.3 Å². The lowest BCUT2D eigenvalue weighted by Crippen LogP contribution is -2.71. The van der Waals surface area contributed by atoms with E-state index in [1.165, 1.54) is 18.9 Å². The number of para-hydroxylation sites is 1. The first kappa shape index (κ1) is 64.7. The van der Waals surface area contributed by atoms with Crippen molar-refractivity contribution < 1.29 is 120 Å². The van der Waals surface area contributed by atoms with Gasteiger partial charge in [-0.2, -0.15) is 8.42 Å². The van der Waals surface area contributed by atoms with E-state index in [2.05, 4.69) is 44.5 Å². The molecule has 29 nitrogen and oxygen atoms in total. The molecule has 14 N–H and O–H groups in total. The third-order valence-electron chi connectivity index (χ3n) is 13.2. The Morgan fingerprint density at radius 1 is 0.577 bits per heavy atom. The Labute approximate surface area is 450 Å². The Hall–Kier alpha value is -4.13. The third kappa shape index (κ3) is 17.7. The summed E-state index contributed by atoms with van der Waals surface area (Å²) in [6.07, 6.45) is -18.4. The van der Waals surface area contributed by atoms with Crippen LogP contribution in [0.5, 0.6) is 5.75 Å². The van der Waals surface area contributed by atoms with Crippen molar-refractivity contribution in [3.63, 3.8) is 0 Å². The van der Waals surface area contributed by atoms with Gasteiger partial charge >= 0.3 is 10.4 Å². The van der Waals surface area contributed by atoms with E-state index in [4.69, 9.17) is 37.9 Å². The average molecular weight is 1140 g/mol. The number of amides is 4. The Morgan fingerprint density at radius 2 is 1.04 bits per heavy atom. The van der Waals surface area contributed by atoms with Crippen molar-refractivity contribution in [2.24, 2.45) is 0 Å². The van der Waals surface area contributed by atoms with E-state index < -0.39 is 183 Å². The van der Waals surface area contributed by atoms with Gasteiger partial charge < -0.3 is 105 Å². The molecule has 0 aliphatic carbocycles. The summed E-state index contributed by atoms with van der Waals surface area (Å²) in [5, 5.41) is 109. The molecule has 1 aromatic rings. The number of rotatable bonds is 27. The van der Waals surface area contributed by atoms with Gasteiger partial charge in [0, 0.05) is 20.8 Å². The molecule has 0 bridgehead atoms. The number of allylic oxidation sites excluding steroid dienone is 2. The molecule has 444 valence electrons. The minimum Gasteiger partial charge on any atom is -0.493 e. The molecule has 0 aromatic heterocycles. The zero-order valence-corrected chi connectivity index (χ0v) is 44.3. The topological polar surface area (TPSA) is 436 Å². The number of unbranched alkanes of at least 4 members (excludes halogenated alkanes) is 5. The fourth-order valence-corrected chi connectivity index (χ4v) is 9.70. The minimum atomic E-state index is -5.16. The van der Waals surface area contributed by atoms with Crippen LogP contribution >= 0.6 is 0 Å². The van der Waals surface area contributed by atoms with Gasteiger partial charge in [-0.1, -0.05) is 50.5 Å². The smallest absolute Gasteiger partial charge is 0.397 e. The molecule has 0 saturated carbocycles. The van der Waals surface area contributed by atoms with Crippen LogP contribution in [0.15, 0.2) is 36.4 Å². The molecule has 20 unspecified atom stereocenters. The molecular formula is C48H76N4O25S. The standard InChI is InChI=1S/C48H76N4O25S/c1-5-6-7-8-9-10-11-12-15-18-69-27-17-14-13-16-26(27)44(64)52-33-37(60)36(59)28(19-53)72-46(33)75-41-29(20-54)73-47(34(39(41)62)50-24(3)57)76-42-30(21-55)74-48(35(40(42)63)51-25(4)58)77-43-31(22-70-78(66,67)68)71-45(65)32(38(43)61)49-23(2)56/h10-11,13-14,16-17,28-43,45-48,53-55,59-63,65H,5-9,12,15,18-22H2,1-4H3,(H,49,56)(H,50,57)(H,51,58)(H,52,64)(H,66,67,68)/b11-10-. The third-order valence-corrected chi connectivity index (χ3v) is 13.7. The molecule has 30 heteroatoms. The van der Waals surface area contributed by atoms with Gasteiger partial charge in [0.15, 0.2) is 25.2 Å². The lowest BCUT2D eigenvalue weighted by Gasteiger charge is -2.51. The number of carbonyl (C=O) groups excluding carboxylic acids is 4. The van der Waals surface area contributed by atoms with Crippen LogP contribution in [0.1, 0.15) is 83.0 Å². The second-order valence-electron chi connectivity index (χ2n) is 19.2. The van der Waals surface area contributed by atoms with Gasteiger partial charge in [-0.3, -0.25) is 23.7 Å². The SMILES string of the molecule is CCCCCC/C=C\CCCOc1ccccc1C(=O)NC1C(OC2C(CO)OC(OC3C(CO)OC(OC4C(COS(=O)(=O)O)OC(O)C(NC(C)=O)C4O)C(NC(C)=O)C3O)C(NC(C)=O)C2O)OC(CO)C(O)C1O. The van der Waals surface area contributed by atoms with Crippen molar-refractivity contribution in [3.8, 4) is 5.75 Å². The number of hydrogen-bond donors (Lipinski definition) is 14. The lowest BCUT2D eigenvalue weighted by molar-refractivity contribution is -0.361. The number of hydrogen-bond acceptors (Lipinski definition) is 24. The molecule has 78 heavy (non-hydrogen) atoms. The minimum absolute atomic E-state index is 0.0212. The lowest BCUT2D eigenvalue weighted by atomic mass is 9.93. The summed E-state index contributed by atoms with van der Waals surface area (Å²) in [6.45, 7) is 1.48. The van der Waals surface area contributed by atoms with Gasteiger partial charge in [-0.25, -0.2) is 4.18 Å². The van der Waals surface area contributed by atoms with Crippen LogP contribution in [0.3, 0.4) is 0 Å². The second-order valence-corrected chi connectivity index (χ2v) is 20.3. The molecule has 4 heterocycles. The van der Waals surface area contributed by atoms with Crippen LogP contribution in [0.4, 0.5) is 0 Å². The van der Waals surface area contributed by atoms with E-state index in [9.17, 15) is 78.1 Å². The summed E-state index contributed by atoms with van der Waals surface area (Å²) in [6, 6.07) is -0.578. The number of aliphatic hydroxyl groups excluding tert-OH is 9. The summed E-state index contributed by atoms with van der Waals surface area (Å²) >= 11 is 0. The molecular weight excluding hydrogens is 1060 g/mol. The molecule has 1 aromatic carbocycles. The van der Waals surface area contributed by atoms with Crippen molar-refractivity contribution >= 4 is 34.0 Å². The van der Waals surface area contributed by atoms with Crippen molar-refractivity contribution in [3.05, 3.63) is 42.0 Å². The maximum atomic E-state index is 14.0. The number of benzene rings is 1. The molecule has 5 rings (SSSR count). The van der Waals surface area contributed by atoms with Crippen molar-refractivity contribution in [2.45, 2.75) is 195 Å². The number of nitrogens with one attached hydrogen (secondary N) is 4. The van der Waals surface area contributed by atoms with Gasteiger partial charge in [-0.15, -0.1) is 0 Å². The van der Waals surface area contributed by atoms with Crippen LogP contribution in [0, 0.1) is 0 Å². The van der Waals surface area contributed by atoms with Crippen LogP contribution in [-0.4, -0.2) is 238 Å². The first-order chi connectivity index (χ1) is 37.0. The van der Waals surface area contributed by atoms with E-state index in [0.717, 1.165) is 46.5 Å². The molecule has 4 aliphatic heterocycles. The fraction of sp³-hybridized carbons (Fsp3) is 0.750. The van der Waals surface area contributed by atoms with Crippen LogP contribution in [0.25, 0.3) is 0 Å². The predicted octanol–water partition coefficient (Wildman–Crippen LogP) is -4.37. The zero-order valence-electron chi connectivity index (χ0n) is 43.5. The summed E-state index contributed by atoms with van der Waals surface area (Å²) in [4.78, 5) is 51.3. The Morgan fingerprint density at radius 3 is 1.54 bits per heavy atom. The van der Waals surface area contributed by atoms with E-state index in [1.807, 2.05) is 0 Å². The van der Waals surface area contributed by atoms with Gasteiger partial charge in [-0.05, 0) is 37.8 Å². The maximum absolute atomic E-state index is 14.0. The summed E-state index contributed by atoms with van der Waals surface area (Å²) in [7, 11) is -5.16. The highest BCUT2D eigenvalue weighted by Gasteiger charge is 2.56. The largest absolute Gasteiger partial charge is 0.493 e. The molecule has 4 amide bonds. The monoisotopic (exact) mass is 1140 g/mol. The highest BCUT2D eigenvalue weighted by Crippen LogP contribution is 2.35. The first-order valence-corrected chi connectivity index (χ1v) is 27.0. The van der Waals surface area contributed by atoms with E-state index in [0.29, 0.717) is 6.42 Å². The van der Waals surface area contributed by atoms with Crippen LogP contribution in [-0.2, 0) is 62.1 Å².